The minimum absolute atomic E-state index is 0.0518. The van der Waals surface area contributed by atoms with Gasteiger partial charge in [0.05, 0.1) is 5.69 Å². The maximum atomic E-state index is 13.9. The first kappa shape index (κ1) is 13.5. The summed E-state index contributed by atoms with van der Waals surface area (Å²) in [6.07, 6.45) is 0.569. The minimum atomic E-state index is -0.491. The van der Waals surface area contributed by atoms with Crippen molar-refractivity contribution in [2.24, 2.45) is 0 Å². The summed E-state index contributed by atoms with van der Waals surface area (Å²) in [6, 6.07) is 7.26. The van der Waals surface area contributed by atoms with Crippen molar-refractivity contribution >= 4 is 17.9 Å². The fraction of sp³-hybridized carbons (Fsp3) is 0.143. The number of hydrogen-bond acceptors (Lipinski definition) is 2. The van der Waals surface area contributed by atoms with Gasteiger partial charge in [0.2, 0.25) is 0 Å². The number of carbonyl (C=O) groups is 1. The summed E-state index contributed by atoms with van der Waals surface area (Å²) < 4.78 is 15.2. The molecule has 0 bridgehead atoms. The first-order chi connectivity index (χ1) is 9.10. The predicted octanol–water partition coefficient (Wildman–Crippen LogP) is 3.14. The second kappa shape index (κ2) is 5.36. The van der Waals surface area contributed by atoms with Gasteiger partial charge in [-0.25, -0.2) is 4.39 Å². The van der Waals surface area contributed by atoms with Crippen molar-refractivity contribution in [2.75, 3.05) is 0 Å². The first-order valence-electron chi connectivity index (χ1n) is 5.73. The van der Waals surface area contributed by atoms with Crippen molar-refractivity contribution in [3.05, 3.63) is 57.1 Å². The molecule has 2 aromatic rings. The molecule has 19 heavy (non-hydrogen) atoms. The van der Waals surface area contributed by atoms with Crippen molar-refractivity contribution < 1.29 is 9.18 Å². The minimum Gasteiger partial charge on any atom is -0.306 e. The zero-order valence-electron chi connectivity index (χ0n) is 10.2. The van der Waals surface area contributed by atoms with Crippen LogP contribution in [0.1, 0.15) is 17.3 Å². The third-order valence-electron chi connectivity index (χ3n) is 2.85. The molecule has 0 aliphatic heterocycles. The van der Waals surface area contributed by atoms with Gasteiger partial charge in [0.15, 0.2) is 6.29 Å². The van der Waals surface area contributed by atoms with Gasteiger partial charge in [-0.2, -0.15) is 0 Å². The van der Waals surface area contributed by atoms with E-state index < -0.39 is 11.4 Å². The van der Waals surface area contributed by atoms with Gasteiger partial charge in [-0.1, -0.05) is 23.7 Å². The Balaban J connectivity index is 2.89. The van der Waals surface area contributed by atoms with E-state index in [4.69, 9.17) is 11.6 Å². The molecule has 0 aliphatic carbocycles. The second-order valence-electron chi connectivity index (χ2n) is 3.94. The van der Waals surface area contributed by atoms with E-state index in [1.54, 1.807) is 19.1 Å². The van der Waals surface area contributed by atoms with Crippen molar-refractivity contribution in [3.8, 4) is 11.3 Å². The van der Waals surface area contributed by atoms with Crippen LogP contribution in [0.15, 0.2) is 35.1 Å². The lowest BCUT2D eigenvalue weighted by Crippen LogP contribution is -2.23. The summed E-state index contributed by atoms with van der Waals surface area (Å²) in [7, 11) is 0. The summed E-state index contributed by atoms with van der Waals surface area (Å²) in [5.74, 6) is -0.491. The van der Waals surface area contributed by atoms with Gasteiger partial charge in [0, 0.05) is 17.7 Å². The molecule has 2 rings (SSSR count). The molecule has 98 valence electrons. The lowest BCUT2D eigenvalue weighted by atomic mass is 10.1. The Hall–Kier alpha value is -1.94. The average Bonchev–Trinajstić information content (AvgIpc) is 2.42. The Morgan fingerprint density at radius 1 is 1.37 bits per heavy atom. The highest BCUT2D eigenvalue weighted by Crippen LogP contribution is 2.26. The Morgan fingerprint density at radius 2 is 2.05 bits per heavy atom. The van der Waals surface area contributed by atoms with Gasteiger partial charge in [-0.3, -0.25) is 9.59 Å². The molecule has 0 atom stereocenters. The number of halogens is 2. The number of hydrogen-bond donors (Lipinski definition) is 0. The van der Waals surface area contributed by atoms with Crippen LogP contribution in [-0.4, -0.2) is 10.9 Å². The average molecular weight is 280 g/mol. The Morgan fingerprint density at radius 3 is 2.63 bits per heavy atom. The molecule has 0 saturated heterocycles. The van der Waals surface area contributed by atoms with Crippen LogP contribution in [-0.2, 0) is 6.54 Å². The number of aromatic nitrogens is 1. The summed E-state index contributed by atoms with van der Waals surface area (Å²) in [5, 5.41) is -0.0518. The van der Waals surface area contributed by atoms with Crippen LogP contribution in [0.5, 0.6) is 0 Å². The largest absolute Gasteiger partial charge is 0.306 e. The van der Waals surface area contributed by atoms with Crippen LogP contribution in [0.25, 0.3) is 11.3 Å². The van der Waals surface area contributed by atoms with E-state index in [1.807, 2.05) is 0 Å². The topological polar surface area (TPSA) is 39.1 Å². The van der Waals surface area contributed by atoms with Gasteiger partial charge in [-0.05, 0) is 25.1 Å². The maximum Gasteiger partial charge on any atom is 0.269 e. The quantitative estimate of drug-likeness (QED) is 0.810. The summed E-state index contributed by atoms with van der Waals surface area (Å²) >= 11 is 5.79. The fourth-order valence-corrected chi connectivity index (χ4v) is 2.22. The summed E-state index contributed by atoms with van der Waals surface area (Å²) in [6.45, 7) is 2.03. The molecule has 0 unspecified atom stereocenters. The van der Waals surface area contributed by atoms with Crippen molar-refractivity contribution in [2.45, 2.75) is 13.5 Å². The SMILES string of the molecule is CCn1c(-c2ccccc2F)c(C=O)cc(Cl)c1=O. The molecular formula is C14H11ClFNO2. The van der Waals surface area contributed by atoms with E-state index in [2.05, 4.69) is 0 Å². The van der Waals surface area contributed by atoms with E-state index in [1.165, 1.54) is 22.8 Å². The third-order valence-corrected chi connectivity index (χ3v) is 3.12. The molecule has 0 N–H and O–H groups in total. The third kappa shape index (κ3) is 2.31. The molecule has 3 nitrogen and oxygen atoms in total. The highest BCUT2D eigenvalue weighted by atomic mass is 35.5. The Labute approximate surface area is 114 Å². The number of aldehydes is 1. The highest BCUT2D eigenvalue weighted by molar-refractivity contribution is 6.30. The predicted molar refractivity (Wildman–Crippen MR) is 72.2 cm³/mol. The molecule has 0 spiro atoms. The zero-order chi connectivity index (χ0) is 14.0. The normalized spacial score (nSPS) is 10.5. The molecule has 1 aromatic carbocycles. The molecular weight excluding hydrogens is 269 g/mol. The Bertz CT molecular complexity index is 694. The van der Waals surface area contributed by atoms with Crippen LogP contribution < -0.4 is 5.56 Å². The monoisotopic (exact) mass is 279 g/mol. The molecule has 0 amide bonds. The van der Waals surface area contributed by atoms with Crippen LogP contribution in [0.3, 0.4) is 0 Å². The zero-order valence-corrected chi connectivity index (χ0v) is 10.9. The van der Waals surface area contributed by atoms with E-state index in [0.717, 1.165) is 0 Å². The van der Waals surface area contributed by atoms with E-state index >= 15 is 0 Å². The van der Waals surface area contributed by atoms with Gasteiger partial charge in [0.1, 0.15) is 10.8 Å². The number of benzene rings is 1. The van der Waals surface area contributed by atoms with Gasteiger partial charge in [0.25, 0.3) is 5.56 Å². The van der Waals surface area contributed by atoms with Gasteiger partial charge in [-0.15, -0.1) is 0 Å². The molecule has 5 heteroatoms. The van der Waals surface area contributed by atoms with E-state index in [0.29, 0.717) is 12.8 Å². The number of carbonyl (C=O) groups excluding carboxylic acids is 1. The maximum absolute atomic E-state index is 13.9. The van der Waals surface area contributed by atoms with Crippen LogP contribution in [0.4, 0.5) is 4.39 Å². The lowest BCUT2D eigenvalue weighted by Gasteiger charge is -2.14. The molecule has 1 heterocycles. The van der Waals surface area contributed by atoms with Crippen LogP contribution in [0.2, 0.25) is 5.02 Å². The molecule has 0 radical (unpaired) electrons. The molecule has 0 aliphatic rings. The standard InChI is InChI=1S/C14H11ClFNO2/c1-2-17-13(10-5-3-4-6-12(10)16)9(8-18)7-11(15)14(17)19/h3-8H,2H2,1H3. The van der Waals surface area contributed by atoms with Crippen molar-refractivity contribution in [1.29, 1.82) is 0 Å². The van der Waals surface area contributed by atoms with E-state index in [9.17, 15) is 14.0 Å². The van der Waals surface area contributed by atoms with Gasteiger partial charge >= 0.3 is 0 Å². The van der Waals surface area contributed by atoms with Crippen molar-refractivity contribution in [3.63, 3.8) is 0 Å². The first-order valence-corrected chi connectivity index (χ1v) is 6.11. The van der Waals surface area contributed by atoms with Crippen LogP contribution in [0, 0.1) is 5.82 Å². The van der Waals surface area contributed by atoms with Gasteiger partial charge < -0.3 is 4.57 Å². The Kier molecular flexibility index (Phi) is 3.81. The van der Waals surface area contributed by atoms with E-state index in [-0.39, 0.29) is 21.8 Å². The molecule has 0 saturated carbocycles. The summed E-state index contributed by atoms with van der Waals surface area (Å²) in [4.78, 5) is 23.1. The second-order valence-corrected chi connectivity index (χ2v) is 4.35. The van der Waals surface area contributed by atoms with Crippen molar-refractivity contribution in [1.82, 2.24) is 4.57 Å². The number of pyridine rings is 1. The number of nitrogens with zero attached hydrogens (tertiary/aromatic N) is 1. The fourth-order valence-electron chi connectivity index (χ4n) is 2.00. The van der Waals surface area contributed by atoms with Crippen LogP contribution >= 0.6 is 11.6 Å². The molecule has 0 fully saturated rings. The molecule has 1 aromatic heterocycles. The highest BCUT2D eigenvalue weighted by Gasteiger charge is 2.16. The number of rotatable bonds is 3. The summed E-state index contributed by atoms with van der Waals surface area (Å²) in [5.41, 5.74) is 0.217. The smallest absolute Gasteiger partial charge is 0.269 e. The lowest BCUT2D eigenvalue weighted by molar-refractivity contribution is 0.112.